The van der Waals surface area contributed by atoms with Crippen molar-refractivity contribution in [3.05, 3.63) is 24.3 Å². The Balaban J connectivity index is 4.07. The first kappa shape index (κ1) is 35.5. The summed E-state index contributed by atoms with van der Waals surface area (Å²) in [5.41, 5.74) is 0. The van der Waals surface area contributed by atoms with Crippen molar-refractivity contribution in [1.82, 2.24) is 0 Å². The molecule has 0 saturated carbocycles. The van der Waals surface area contributed by atoms with E-state index >= 15 is 0 Å². The molecule has 0 bridgehead atoms. The highest BCUT2D eigenvalue weighted by Crippen LogP contribution is 2.35. The molecule has 0 spiro atoms. The van der Waals surface area contributed by atoms with Crippen LogP contribution in [0.3, 0.4) is 0 Å². The standard InChI is InChI=1S/C28H51O8P/c1-3-5-7-9-10-11-12-13-14-15-16-17-19-21-23-28(30)36-26(25-35-37(31,32)33)24-34-27(29)22-20-18-8-6-4-2/h9-10,12-13,26H,3-8,11,14-25H2,1-2H3,(H2,31,32,33)/b10-9-,13-12-. The van der Waals surface area contributed by atoms with Crippen LogP contribution < -0.4 is 0 Å². The Morgan fingerprint density at radius 3 is 1.86 bits per heavy atom. The van der Waals surface area contributed by atoms with Gasteiger partial charge in [0.2, 0.25) is 0 Å². The summed E-state index contributed by atoms with van der Waals surface area (Å²) in [5.74, 6) is -0.920. The van der Waals surface area contributed by atoms with Crippen molar-refractivity contribution in [2.75, 3.05) is 13.2 Å². The second kappa shape index (κ2) is 24.8. The molecule has 0 rings (SSSR count). The summed E-state index contributed by atoms with van der Waals surface area (Å²) in [7, 11) is -4.73. The van der Waals surface area contributed by atoms with Crippen molar-refractivity contribution in [2.24, 2.45) is 0 Å². The lowest BCUT2D eigenvalue weighted by molar-refractivity contribution is -0.161. The van der Waals surface area contributed by atoms with E-state index in [9.17, 15) is 14.2 Å². The number of hydrogen-bond donors (Lipinski definition) is 2. The summed E-state index contributed by atoms with van der Waals surface area (Å²) in [6, 6.07) is 0. The van der Waals surface area contributed by atoms with Gasteiger partial charge in [-0.15, -0.1) is 0 Å². The molecule has 2 N–H and O–H groups in total. The number of allylic oxidation sites excluding steroid dienone is 4. The van der Waals surface area contributed by atoms with E-state index in [1.165, 1.54) is 12.8 Å². The molecule has 37 heavy (non-hydrogen) atoms. The molecular weight excluding hydrogens is 495 g/mol. The summed E-state index contributed by atoms with van der Waals surface area (Å²) < 4.78 is 25.9. The number of rotatable bonds is 25. The monoisotopic (exact) mass is 546 g/mol. The molecule has 0 amide bonds. The molecule has 0 aromatic rings. The van der Waals surface area contributed by atoms with E-state index in [1.807, 2.05) is 0 Å². The van der Waals surface area contributed by atoms with Crippen LogP contribution in [0, 0.1) is 0 Å². The molecule has 0 heterocycles. The fraction of sp³-hybridized carbons (Fsp3) is 0.786. The third kappa shape index (κ3) is 27.4. The van der Waals surface area contributed by atoms with Crippen molar-refractivity contribution in [3.8, 4) is 0 Å². The fourth-order valence-electron chi connectivity index (χ4n) is 3.56. The van der Waals surface area contributed by atoms with Crippen LogP contribution in [0.1, 0.15) is 123 Å². The van der Waals surface area contributed by atoms with Gasteiger partial charge in [-0.05, 0) is 38.5 Å². The number of carbonyl (C=O) groups excluding carboxylic acids is 2. The van der Waals surface area contributed by atoms with E-state index in [4.69, 9.17) is 19.3 Å². The molecule has 0 radical (unpaired) electrons. The first-order valence-electron chi connectivity index (χ1n) is 14.1. The van der Waals surface area contributed by atoms with Crippen LogP contribution in [0.5, 0.6) is 0 Å². The van der Waals surface area contributed by atoms with Gasteiger partial charge in [-0.25, -0.2) is 4.57 Å². The third-order valence-corrected chi connectivity index (χ3v) is 6.21. The van der Waals surface area contributed by atoms with Gasteiger partial charge in [-0.2, -0.15) is 0 Å². The van der Waals surface area contributed by atoms with Crippen molar-refractivity contribution in [2.45, 2.75) is 129 Å². The largest absolute Gasteiger partial charge is 0.469 e. The lowest BCUT2D eigenvalue weighted by Crippen LogP contribution is -2.29. The molecule has 0 aromatic carbocycles. The fourth-order valence-corrected chi connectivity index (χ4v) is 3.92. The highest BCUT2D eigenvalue weighted by molar-refractivity contribution is 7.46. The first-order chi connectivity index (χ1) is 17.8. The van der Waals surface area contributed by atoms with Crippen molar-refractivity contribution >= 4 is 19.8 Å². The molecule has 0 saturated heterocycles. The van der Waals surface area contributed by atoms with Crippen LogP contribution >= 0.6 is 7.82 Å². The highest BCUT2D eigenvalue weighted by Gasteiger charge is 2.22. The van der Waals surface area contributed by atoms with Crippen molar-refractivity contribution in [1.29, 1.82) is 0 Å². The van der Waals surface area contributed by atoms with Gasteiger partial charge in [0.05, 0.1) is 6.61 Å². The molecule has 0 aliphatic carbocycles. The predicted molar refractivity (Wildman–Crippen MR) is 147 cm³/mol. The minimum absolute atomic E-state index is 0.196. The SMILES string of the molecule is CCCC/C=C\C/C=C\CCCCCCCC(=O)OC(COC(=O)CCCCCCC)COP(=O)(O)O. The molecule has 1 unspecified atom stereocenters. The molecular formula is C28H51O8P. The van der Waals surface area contributed by atoms with Gasteiger partial charge in [-0.3, -0.25) is 14.1 Å². The summed E-state index contributed by atoms with van der Waals surface area (Å²) in [4.78, 5) is 42.0. The maximum Gasteiger partial charge on any atom is 0.469 e. The van der Waals surface area contributed by atoms with Crippen LogP contribution in [0.15, 0.2) is 24.3 Å². The van der Waals surface area contributed by atoms with Crippen LogP contribution in [-0.4, -0.2) is 41.0 Å². The van der Waals surface area contributed by atoms with Crippen LogP contribution in [-0.2, 0) is 28.2 Å². The van der Waals surface area contributed by atoms with Crippen LogP contribution in [0.25, 0.3) is 0 Å². The summed E-state index contributed by atoms with van der Waals surface area (Å²) >= 11 is 0. The lowest BCUT2D eigenvalue weighted by atomic mass is 10.1. The number of carbonyl (C=O) groups is 2. The number of phosphoric acid groups is 1. The molecule has 8 nitrogen and oxygen atoms in total. The Kier molecular flexibility index (Phi) is 23.9. The Hall–Kier alpha value is -1.47. The van der Waals surface area contributed by atoms with Gasteiger partial charge in [-0.1, -0.05) is 95.9 Å². The molecule has 216 valence electrons. The van der Waals surface area contributed by atoms with Gasteiger partial charge >= 0.3 is 19.8 Å². The minimum atomic E-state index is -4.73. The Bertz CT molecular complexity index is 671. The normalized spacial score (nSPS) is 12.9. The number of unbranched alkanes of at least 4 members (excludes halogenated alkanes) is 11. The van der Waals surface area contributed by atoms with Gasteiger partial charge in [0.25, 0.3) is 0 Å². The van der Waals surface area contributed by atoms with E-state index in [-0.39, 0.29) is 19.4 Å². The van der Waals surface area contributed by atoms with Gasteiger partial charge < -0.3 is 19.3 Å². The van der Waals surface area contributed by atoms with Crippen molar-refractivity contribution in [3.63, 3.8) is 0 Å². The van der Waals surface area contributed by atoms with E-state index in [1.54, 1.807) is 0 Å². The highest BCUT2D eigenvalue weighted by atomic mass is 31.2. The number of hydrogen-bond acceptors (Lipinski definition) is 6. The Morgan fingerprint density at radius 1 is 0.703 bits per heavy atom. The van der Waals surface area contributed by atoms with E-state index in [0.717, 1.165) is 77.0 Å². The summed E-state index contributed by atoms with van der Waals surface area (Å²) in [5, 5.41) is 0. The average Bonchev–Trinajstić information content (AvgIpc) is 2.85. The van der Waals surface area contributed by atoms with Gasteiger partial charge in [0.1, 0.15) is 6.61 Å². The molecule has 9 heteroatoms. The molecule has 0 fully saturated rings. The van der Waals surface area contributed by atoms with Crippen molar-refractivity contribution < 1.29 is 37.9 Å². The Morgan fingerprint density at radius 2 is 1.24 bits per heavy atom. The minimum Gasteiger partial charge on any atom is -0.462 e. The maximum atomic E-state index is 12.2. The maximum absolute atomic E-state index is 12.2. The summed E-state index contributed by atoms with van der Waals surface area (Å²) in [6.45, 7) is 3.48. The lowest BCUT2D eigenvalue weighted by Gasteiger charge is -2.18. The zero-order valence-corrected chi connectivity index (χ0v) is 24.0. The smallest absolute Gasteiger partial charge is 0.462 e. The first-order valence-corrected chi connectivity index (χ1v) is 15.7. The summed E-state index contributed by atoms with van der Waals surface area (Å²) in [6.07, 6.45) is 23.7. The number of phosphoric ester groups is 1. The zero-order valence-electron chi connectivity index (χ0n) is 23.1. The molecule has 1 atom stereocenters. The quantitative estimate of drug-likeness (QED) is 0.0528. The molecule has 0 aliphatic heterocycles. The topological polar surface area (TPSA) is 119 Å². The Labute approximate surface area is 224 Å². The van der Waals surface area contributed by atoms with Crippen LogP contribution in [0.4, 0.5) is 0 Å². The second-order valence-electron chi connectivity index (χ2n) is 9.37. The number of esters is 2. The van der Waals surface area contributed by atoms with Gasteiger partial charge in [0, 0.05) is 12.8 Å². The van der Waals surface area contributed by atoms with E-state index in [0.29, 0.717) is 6.42 Å². The van der Waals surface area contributed by atoms with E-state index < -0.39 is 32.5 Å². The van der Waals surface area contributed by atoms with E-state index in [2.05, 4.69) is 42.7 Å². The average molecular weight is 547 g/mol. The second-order valence-corrected chi connectivity index (χ2v) is 10.6. The van der Waals surface area contributed by atoms with Crippen LogP contribution in [0.2, 0.25) is 0 Å². The zero-order chi connectivity index (χ0) is 27.6. The molecule has 0 aromatic heterocycles. The third-order valence-electron chi connectivity index (χ3n) is 5.72. The predicted octanol–water partition coefficient (Wildman–Crippen LogP) is 7.33. The number of ether oxygens (including phenoxy) is 2. The van der Waals surface area contributed by atoms with Gasteiger partial charge in [0.15, 0.2) is 6.10 Å². The molecule has 0 aliphatic rings.